The van der Waals surface area contributed by atoms with E-state index in [0.29, 0.717) is 4.47 Å². The fourth-order valence-electron chi connectivity index (χ4n) is 1.16. The van der Waals surface area contributed by atoms with Crippen LogP contribution < -0.4 is 4.74 Å². The van der Waals surface area contributed by atoms with E-state index in [0.717, 1.165) is 6.07 Å². The van der Waals surface area contributed by atoms with Crippen molar-refractivity contribution in [2.75, 3.05) is 0 Å². The Bertz CT molecular complexity index is 645. The number of benzene rings is 1. The number of hydrogen-bond donors (Lipinski definition) is 0. The Morgan fingerprint density at radius 3 is 2.83 bits per heavy atom. The van der Waals surface area contributed by atoms with E-state index in [2.05, 4.69) is 25.9 Å². The first-order valence-electron chi connectivity index (χ1n) is 4.65. The molecule has 0 aliphatic heterocycles. The lowest BCUT2D eigenvalue weighted by Crippen LogP contribution is -1.94. The van der Waals surface area contributed by atoms with Gasteiger partial charge in [-0.3, -0.25) is 0 Å². The lowest BCUT2D eigenvalue weighted by atomic mass is 10.2. The molecule has 0 aliphatic carbocycles. The Labute approximate surface area is 115 Å². The molecule has 1 aromatic heterocycles. The number of nitriles is 1. The lowest BCUT2D eigenvalue weighted by molar-refractivity contribution is 0.423. The van der Waals surface area contributed by atoms with Crippen LogP contribution in [0.1, 0.15) is 5.56 Å². The summed E-state index contributed by atoms with van der Waals surface area (Å²) in [4.78, 5) is 7.54. The van der Waals surface area contributed by atoms with Crippen LogP contribution in [0.3, 0.4) is 0 Å². The first-order chi connectivity index (χ1) is 8.61. The predicted molar refractivity (Wildman–Crippen MR) is 65.9 cm³/mol. The molecule has 0 aliphatic rings. The Morgan fingerprint density at radius 2 is 2.17 bits per heavy atom. The third-order valence-electron chi connectivity index (χ3n) is 1.98. The van der Waals surface area contributed by atoms with Crippen molar-refractivity contribution in [1.82, 2.24) is 9.97 Å². The van der Waals surface area contributed by atoms with E-state index in [4.69, 9.17) is 21.6 Å². The second-order valence-corrected chi connectivity index (χ2v) is 4.29. The number of nitrogens with zero attached hydrogens (tertiary/aromatic N) is 3. The van der Waals surface area contributed by atoms with Gasteiger partial charge >= 0.3 is 0 Å². The average molecular weight is 329 g/mol. The summed E-state index contributed by atoms with van der Waals surface area (Å²) in [6, 6.07) is 5.69. The highest BCUT2D eigenvalue weighted by Gasteiger charge is 2.12. The van der Waals surface area contributed by atoms with Gasteiger partial charge in [-0.05, 0) is 34.1 Å². The van der Waals surface area contributed by atoms with Crippen molar-refractivity contribution >= 4 is 27.5 Å². The van der Waals surface area contributed by atoms with Crippen molar-refractivity contribution in [3.8, 4) is 17.7 Å². The zero-order valence-corrected chi connectivity index (χ0v) is 11.0. The number of hydrogen-bond acceptors (Lipinski definition) is 4. The molecule has 0 radical (unpaired) electrons. The Hall–Kier alpha value is -1.71. The predicted octanol–water partition coefficient (Wildman–Crippen LogP) is 3.70. The zero-order valence-electron chi connectivity index (χ0n) is 8.69. The number of halogens is 3. The van der Waals surface area contributed by atoms with Crippen LogP contribution in [-0.2, 0) is 0 Å². The van der Waals surface area contributed by atoms with Crippen molar-refractivity contribution in [2.45, 2.75) is 0 Å². The highest BCUT2D eigenvalue weighted by atomic mass is 79.9. The lowest BCUT2D eigenvalue weighted by Gasteiger charge is -2.07. The van der Waals surface area contributed by atoms with Gasteiger partial charge in [0.15, 0.2) is 16.7 Å². The van der Waals surface area contributed by atoms with Crippen LogP contribution in [0.25, 0.3) is 0 Å². The van der Waals surface area contributed by atoms with Gasteiger partial charge in [0.25, 0.3) is 0 Å². The van der Waals surface area contributed by atoms with Crippen LogP contribution in [0.5, 0.6) is 11.6 Å². The van der Waals surface area contributed by atoms with Crippen LogP contribution in [0.4, 0.5) is 4.39 Å². The van der Waals surface area contributed by atoms with Crippen LogP contribution in [0, 0.1) is 17.1 Å². The molecule has 7 heteroatoms. The maximum Gasteiger partial charge on any atom is 0.238 e. The first-order valence-corrected chi connectivity index (χ1v) is 5.82. The summed E-state index contributed by atoms with van der Waals surface area (Å²) in [6.07, 6.45) is 1.20. The summed E-state index contributed by atoms with van der Waals surface area (Å²) in [5.74, 6) is -0.612. The molecular formula is C11H4BrClFN3O. The minimum Gasteiger partial charge on any atom is -0.435 e. The van der Waals surface area contributed by atoms with E-state index in [1.165, 1.54) is 18.5 Å². The van der Waals surface area contributed by atoms with Crippen molar-refractivity contribution in [1.29, 1.82) is 5.26 Å². The van der Waals surface area contributed by atoms with E-state index < -0.39 is 5.82 Å². The van der Waals surface area contributed by atoms with E-state index in [9.17, 15) is 4.39 Å². The minimum absolute atomic E-state index is 0.0514. The van der Waals surface area contributed by atoms with E-state index in [1.54, 1.807) is 0 Å². The molecule has 0 N–H and O–H groups in total. The molecule has 4 nitrogen and oxygen atoms in total. The van der Waals surface area contributed by atoms with Gasteiger partial charge in [-0.1, -0.05) is 11.6 Å². The third kappa shape index (κ3) is 2.58. The molecule has 0 saturated heterocycles. The summed E-state index contributed by atoms with van der Waals surface area (Å²) in [5, 5.41) is 8.78. The second kappa shape index (κ2) is 5.29. The third-order valence-corrected chi connectivity index (χ3v) is 3.21. The monoisotopic (exact) mass is 327 g/mol. The molecule has 0 fully saturated rings. The van der Waals surface area contributed by atoms with Crippen molar-refractivity contribution < 1.29 is 9.13 Å². The average Bonchev–Trinajstić information content (AvgIpc) is 2.37. The SMILES string of the molecule is N#Cc1ccc(Oc2ncnc(Cl)c2Br)c(F)c1. The van der Waals surface area contributed by atoms with Crippen molar-refractivity contribution in [3.63, 3.8) is 0 Å². The fraction of sp³-hybridized carbons (Fsp3) is 0. The molecule has 18 heavy (non-hydrogen) atoms. The summed E-state index contributed by atoms with van der Waals surface area (Å²) in [6.45, 7) is 0. The van der Waals surface area contributed by atoms with Crippen LogP contribution in [0.2, 0.25) is 5.15 Å². The molecule has 1 heterocycles. The molecular weight excluding hydrogens is 324 g/mol. The van der Waals surface area contributed by atoms with Gasteiger partial charge in [0.2, 0.25) is 5.88 Å². The normalized spacial score (nSPS) is 9.89. The Kier molecular flexibility index (Phi) is 3.75. The van der Waals surface area contributed by atoms with Crippen LogP contribution >= 0.6 is 27.5 Å². The van der Waals surface area contributed by atoms with Gasteiger partial charge in [0, 0.05) is 0 Å². The second-order valence-electron chi connectivity index (χ2n) is 3.14. The van der Waals surface area contributed by atoms with Gasteiger partial charge in [-0.25, -0.2) is 14.4 Å². The molecule has 0 unspecified atom stereocenters. The quantitative estimate of drug-likeness (QED) is 0.789. The standard InChI is InChI=1S/C11H4BrClFN3O/c12-9-10(13)16-5-17-11(9)18-8-2-1-6(4-15)3-7(8)14/h1-3,5H. The molecule has 1 aromatic carbocycles. The van der Waals surface area contributed by atoms with Crippen LogP contribution in [0.15, 0.2) is 29.0 Å². The molecule has 2 rings (SSSR count). The number of ether oxygens (including phenoxy) is 1. The maximum atomic E-state index is 13.6. The maximum absolute atomic E-state index is 13.6. The molecule has 0 amide bonds. The van der Waals surface area contributed by atoms with Crippen LogP contribution in [-0.4, -0.2) is 9.97 Å². The number of aromatic nitrogens is 2. The molecule has 0 spiro atoms. The van der Waals surface area contributed by atoms with E-state index in [-0.39, 0.29) is 22.3 Å². The van der Waals surface area contributed by atoms with Gasteiger partial charge in [0.1, 0.15) is 10.8 Å². The number of rotatable bonds is 2. The molecule has 0 bridgehead atoms. The van der Waals surface area contributed by atoms with Gasteiger partial charge in [-0.2, -0.15) is 5.26 Å². The minimum atomic E-state index is -0.657. The van der Waals surface area contributed by atoms with E-state index in [1.807, 2.05) is 6.07 Å². The zero-order chi connectivity index (χ0) is 13.1. The topological polar surface area (TPSA) is 58.8 Å². The van der Waals surface area contributed by atoms with E-state index >= 15 is 0 Å². The molecule has 2 aromatic rings. The van der Waals surface area contributed by atoms with Gasteiger partial charge in [0.05, 0.1) is 11.6 Å². The summed E-state index contributed by atoms with van der Waals surface area (Å²) in [5.41, 5.74) is 0.208. The highest BCUT2D eigenvalue weighted by Crippen LogP contribution is 2.32. The molecule has 0 saturated carbocycles. The smallest absolute Gasteiger partial charge is 0.238 e. The Balaban J connectivity index is 2.35. The highest BCUT2D eigenvalue weighted by molar-refractivity contribution is 9.10. The van der Waals surface area contributed by atoms with Crippen molar-refractivity contribution in [2.24, 2.45) is 0 Å². The van der Waals surface area contributed by atoms with Gasteiger partial charge < -0.3 is 4.74 Å². The Morgan fingerprint density at radius 1 is 1.39 bits per heavy atom. The fourth-order valence-corrected chi connectivity index (χ4v) is 1.57. The summed E-state index contributed by atoms with van der Waals surface area (Å²) in [7, 11) is 0. The summed E-state index contributed by atoms with van der Waals surface area (Å²) < 4.78 is 19.2. The molecule has 0 atom stereocenters. The summed E-state index contributed by atoms with van der Waals surface area (Å²) >= 11 is 8.89. The van der Waals surface area contributed by atoms with Gasteiger partial charge in [-0.15, -0.1) is 0 Å². The molecule has 90 valence electrons. The first kappa shape index (κ1) is 12.7. The largest absolute Gasteiger partial charge is 0.435 e. The van der Waals surface area contributed by atoms with Crippen molar-refractivity contribution in [3.05, 3.63) is 45.5 Å².